The molecule has 0 amide bonds. The van der Waals surface area contributed by atoms with Crippen LogP contribution in [0.4, 0.5) is 0 Å². The Balaban J connectivity index is 1.73. The molecule has 3 rings (SSSR count). The number of nitrogens with one attached hydrogen (secondary N) is 1. The van der Waals surface area contributed by atoms with Gasteiger partial charge in [0.25, 0.3) is 0 Å². The molecule has 0 aromatic heterocycles. The third-order valence-electron chi connectivity index (χ3n) is 6.95. The van der Waals surface area contributed by atoms with Gasteiger partial charge >= 0.3 is 0 Å². The van der Waals surface area contributed by atoms with Crippen molar-refractivity contribution in [3.63, 3.8) is 0 Å². The van der Waals surface area contributed by atoms with E-state index >= 15 is 0 Å². The summed E-state index contributed by atoms with van der Waals surface area (Å²) in [5.74, 6) is 0. The average Bonchev–Trinajstić information content (AvgIpc) is 2.75. The smallest absolute Gasteiger partial charge is 0.185 e. The summed E-state index contributed by atoms with van der Waals surface area (Å²) < 4.78 is 22.8. The highest BCUT2D eigenvalue weighted by Crippen LogP contribution is 2.32. The Morgan fingerprint density at radius 2 is 1.50 bits per heavy atom. The molecule has 200 valence electrons. The van der Waals surface area contributed by atoms with Crippen LogP contribution >= 0.6 is 0 Å². The molecule has 0 aromatic rings. The highest BCUT2D eigenvalue weighted by Gasteiger charge is 2.52. The summed E-state index contributed by atoms with van der Waals surface area (Å²) in [5.41, 5.74) is 17.0. The molecule has 3 fully saturated rings. The van der Waals surface area contributed by atoms with Gasteiger partial charge in [0.15, 0.2) is 12.6 Å². The second-order valence-corrected chi connectivity index (χ2v) is 9.82. The number of hydrogen-bond donors (Lipinski definition) is 10. The van der Waals surface area contributed by atoms with E-state index in [0.717, 1.165) is 0 Å². The van der Waals surface area contributed by atoms with Crippen LogP contribution in [0, 0.1) is 0 Å². The predicted molar refractivity (Wildman–Crippen MR) is 116 cm³/mol. The van der Waals surface area contributed by atoms with Gasteiger partial charge in [-0.1, -0.05) is 0 Å². The van der Waals surface area contributed by atoms with Gasteiger partial charge in [-0.2, -0.15) is 0 Å². The van der Waals surface area contributed by atoms with Crippen LogP contribution in [0.25, 0.3) is 0 Å². The Hall–Kier alpha value is -0.560. The molecule has 15 atom stereocenters. The van der Waals surface area contributed by atoms with Crippen molar-refractivity contribution < 1.29 is 49.6 Å². The maximum absolute atomic E-state index is 11.1. The highest BCUT2D eigenvalue weighted by atomic mass is 16.7. The lowest BCUT2D eigenvalue weighted by Gasteiger charge is -2.49. The van der Waals surface area contributed by atoms with Crippen LogP contribution in [0.15, 0.2) is 0 Å². The lowest BCUT2D eigenvalue weighted by molar-refractivity contribution is -0.319. The number of rotatable bonds is 6. The standard InChI is InChI=1S/C20H40N4O10/c1-6(25)14-11(27)10(26)9(23)18(32-14)33-15-7(21)4-8(22)16(12(15)28)34-19-13(29)17(24-3)20(2,30)5-31-19/h6-19,24-30H,4-5,21-23H2,1-3H3/t6-,7-,8+,9+,10+,11-,12+,13-,14+,15-,16-,17+,18+,19+,20-/m0/s1. The summed E-state index contributed by atoms with van der Waals surface area (Å²) in [4.78, 5) is 0. The SMILES string of the molecule is CN[C@@H]1[C@H](O)[C@@H](O[C@@H]2[C@H](O)[C@@H](O[C@H]3O[C@H]([C@H](C)O)[C@@H](O)[C@H](O)[C@H]3N)[C@@H](N)C[C@H]2N)OC[C@]1(C)O. The fraction of sp³-hybridized carbons (Fsp3) is 1.00. The zero-order chi connectivity index (χ0) is 25.5. The molecule has 14 nitrogen and oxygen atoms in total. The largest absolute Gasteiger partial charge is 0.391 e. The van der Waals surface area contributed by atoms with Crippen LogP contribution in [0.3, 0.4) is 0 Å². The number of hydrogen-bond acceptors (Lipinski definition) is 14. The molecule has 13 N–H and O–H groups in total. The Morgan fingerprint density at radius 1 is 0.941 bits per heavy atom. The molecule has 2 aliphatic heterocycles. The van der Waals surface area contributed by atoms with E-state index in [4.69, 9.17) is 36.1 Å². The molecule has 1 saturated carbocycles. The number of likely N-dealkylation sites (N-methyl/N-ethyl adjacent to an activating group) is 1. The Kier molecular flexibility index (Phi) is 8.92. The molecule has 2 heterocycles. The molecule has 0 spiro atoms. The molecular weight excluding hydrogens is 456 g/mol. The first kappa shape index (κ1) is 28.0. The number of aliphatic hydroxyl groups is 6. The van der Waals surface area contributed by atoms with E-state index in [1.807, 2.05) is 0 Å². The second kappa shape index (κ2) is 10.8. The quantitative estimate of drug-likeness (QED) is 0.165. The van der Waals surface area contributed by atoms with Crippen molar-refractivity contribution >= 4 is 0 Å². The van der Waals surface area contributed by atoms with Crippen LogP contribution in [0.1, 0.15) is 20.3 Å². The molecule has 0 bridgehead atoms. The van der Waals surface area contributed by atoms with Crippen LogP contribution in [-0.4, -0.2) is 135 Å². The van der Waals surface area contributed by atoms with Crippen LogP contribution in [0.5, 0.6) is 0 Å². The number of ether oxygens (including phenoxy) is 4. The van der Waals surface area contributed by atoms with Gasteiger partial charge in [-0.25, -0.2) is 0 Å². The van der Waals surface area contributed by atoms with Gasteiger partial charge in [-0.3, -0.25) is 0 Å². The molecule has 0 unspecified atom stereocenters. The Morgan fingerprint density at radius 3 is 2.03 bits per heavy atom. The van der Waals surface area contributed by atoms with Crippen LogP contribution in [0.2, 0.25) is 0 Å². The van der Waals surface area contributed by atoms with Crippen LogP contribution < -0.4 is 22.5 Å². The van der Waals surface area contributed by atoms with E-state index < -0.39 is 91.2 Å². The normalized spacial score (nSPS) is 53.5. The van der Waals surface area contributed by atoms with E-state index in [0.29, 0.717) is 0 Å². The number of nitrogens with two attached hydrogens (primary N) is 3. The third kappa shape index (κ3) is 5.40. The van der Waals surface area contributed by atoms with Gasteiger partial charge in [-0.05, 0) is 27.3 Å². The Labute approximate surface area is 197 Å². The Bertz CT molecular complexity index is 675. The minimum absolute atomic E-state index is 0.135. The van der Waals surface area contributed by atoms with Crippen molar-refractivity contribution in [1.29, 1.82) is 0 Å². The third-order valence-corrected chi connectivity index (χ3v) is 6.95. The summed E-state index contributed by atoms with van der Waals surface area (Å²) >= 11 is 0. The molecule has 1 aliphatic carbocycles. The maximum Gasteiger partial charge on any atom is 0.185 e. The maximum atomic E-state index is 11.1. The summed E-state index contributed by atoms with van der Waals surface area (Å²) in [5, 5.41) is 65.2. The lowest BCUT2D eigenvalue weighted by atomic mass is 9.84. The zero-order valence-corrected chi connectivity index (χ0v) is 19.5. The van der Waals surface area contributed by atoms with Gasteiger partial charge < -0.3 is 72.1 Å². The van der Waals surface area contributed by atoms with E-state index in [1.54, 1.807) is 7.05 Å². The topological polar surface area (TPSA) is 248 Å². The number of aliphatic hydroxyl groups excluding tert-OH is 5. The van der Waals surface area contributed by atoms with E-state index in [2.05, 4.69) is 5.32 Å². The first-order chi connectivity index (χ1) is 15.8. The predicted octanol–water partition coefficient (Wildman–Crippen LogP) is -5.61. The first-order valence-electron chi connectivity index (χ1n) is 11.4. The monoisotopic (exact) mass is 496 g/mol. The summed E-state index contributed by atoms with van der Waals surface area (Å²) in [6.07, 6.45) is -12.4. The second-order valence-electron chi connectivity index (χ2n) is 9.82. The van der Waals surface area contributed by atoms with Gasteiger partial charge in [0.2, 0.25) is 0 Å². The minimum atomic E-state index is -1.46. The summed E-state index contributed by atoms with van der Waals surface area (Å²) in [6, 6.07) is -3.47. The zero-order valence-electron chi connectivity index (χ0n) is 19.5. The van der Waals surface area contributed by atoms with Crippen LogP contribution in [-0.2, 0) is 18.9 Å². The lowest BCUT2D eigenvalue weighted by Crippen LogP contribution is -2.69. The minimum Gasteiger partial charge on any atom is -0.391 e. The summed E-state index contributed by atoms with van der Waals surface area (Å²) in [7, 11) is 1.58. The van der Waals surface area contributed by atoms with Gasteiger partial charge in [-0.15, -0.1) is 0 Å². The fourth-order valence-electron chi connectivity index (χ4n) is 4.95. The van der Waals surface area contributed by atoms with Crippen molar-refractivity contribution in [2.24, 2.45) is 17.2 Å². The van der Waals surface area contributed by atoms with Crippen molar-refractivity contribution in [1.82, 2.24) is 5.32 Å². The van der Waals surface area contributed by atoms with E-state index in [9.17, 15) is 30.6 Å². The van der Waals surface area contributed by atoms with Gasteiger partial charge in [0.1, 0.15) is 48.3 Å². The fourth-order valence-corrected chi connectivity index (χ4v) is 4.95. The molecule has 0 aromatic carbocycles. The van der Waals surface area contributed by atoms with E-state index in [-0.39, 0.29) is 13.0 Å². The molecule has 2 saturated heterocycles. The molecule has 14 heteroatoms. The van der Waals surface area contributed by atoms with E-state index in [1.165, 1.54) is 13.8 Å². The average molecular weight is 497 g/mol. The van der Waals surface area contributed by atoms with Gasteiger partial charge in [0, 0.05) is 12.1 Å². The first-order valence-corrected chi connectivity index (χ1v) is 11.4. The van der Waals surface area contributed by atoms with Crippen molar-refractivity contribution in [3.05, 3.63) is 0 Å². The van der Waals surface area contributed by atoms with Crippen molar-refractivity contribution in [2.75, 3.05) is 13.7 Å². The highest BCUT2D eigenvalue weighted by molar-refractivity contribution is 5.02. The molecule has 0 radical (unpaired) electrons. The summed E-state index contributed by atoms with van der Waals surface area (Å²) in [6.45, 7) is 2.75. The molecule has 34 heavy (non-hydrogen) atoms. The van der Waals surface area contributed by atoms with Crippen molar-refractivity contribution in [3.8, 4) is 0 Å². The van der Waals surface area contributed by atoms with Crippen molar-refractivity contribution in [2.45, 2.75) is 111 Å². The van der Waals surface area contributed by atoms with Gasteiger partial charge in [0.05, 0.1) is 24.8 Å². The molecular formula is C20H40N4O10. The molecule has 3 aliphatic rings.